The first-order valence-corrected chi connectivity index (χ1v) is 5.32. The third-order valence-corrected chi connectivity index (χ3v) is 2.32. The summed E-state index contributed by atoms with van der Waals surface area (Å²) in [6.07, 6.45) is 0. The molecular weight excluding hydrogens is 206 g/mol. The van der Waals surface area contributed by atoms with Crippen LogP contribution in [0.2, 0.25) is 0 Å². The predicted molar refractivity (Wildman–Crippen MR) is 62.6 cm³/mol. The number of hydrogen-bond donors (Lipinski definition) is 2. The highest BCUT2D eigenvalue weighted by Gasteiger charge is 2.06. The lowest BCUT2D eigenvalue weighted by molar-refractivity contribution is 0.173. The lowest BCUT2D eigenvalue weighted by atomic mass is 10.2. The Hall–Kier alpha value is -1.26. The Morgan fingerprint density at radius 3 is 2.75 bits per heavy atom. The summed E-state index contributed by atoms with van der Waals surface area (Å²) in [6, 6.07) is 5.53. The van der Waals surface area contributed by atoms with Crippen molar-refractivity contribution in [1.29, 1.82) is 0 Å². The molecule has 1 unspecified atom stereocenters. The molecule has 4 heteroatoms. The van der Waals surface area contributed by atoms with E-state index in [0.717, 1.165) is 17.1 Å². The van der Waals surface area contributed by atoms with Gasteiger partial charge in [-0.1, -0.05) is 6.92 Å². The van der Waals surface area contributed by atoms with Crippen molar-refractivity contribution < 1.29 is 14.6 Å². The molecule has 0 spiro atoms. The lowest BCUT2D eigenvalue weighted by Gasteiger charge is -2.14. The van der Waals surface area contributed by atoms with E-state index in [2.05, 4.69) is 0 Å². The average molecular weight is 225 g/mol. The molecule has 0 aliphatic carbocycles. The molecule has 1 aromatic rings. The molecule has 90 valence electrons. The molecule has 3 N–H and O–H groups in total. The van der Waals surface area contributed by atoms with Gasteiger partial charge in [0.1, 0.15) is 11.5 Å². The molecule has 1 aromatic carbocycles. The van der Waals surface area contributed by atoms with Crippen LogP contribution in [0.4, 0.5) is 0 Å². The van der Waals surface area contributed by atoms with Gasteiger partial charge in [-0.2, -0.15) is 0 Å². The zero-order valence-electron chi connectivity index (χ0n) is 9.77. The number of benzene rings is 1. The molecule has 0 saturated heterocycles. The third kappa shape index (κ3) is 3.40. The monoisotopic (exact) mass is 225 g/mol. The van der Waals surface area contributed by atoms with Gasteiger partial charge in [0, 0.05) is 24.6 Å². The Bertz CT molecular complexity index is 328. The third-order valence-electron chi connectivity index (χ3n) is 2.32. The van der Waals surface area contributed by atoms with E-state index in [1.54, 1.807) is 7.11 Å². The average Bonchev–Trinajstić information content (AvgIpc) is 2.35. The van der Waals surface area contributed by atoms with Crippen LogP contribution in [0.5, 0.6) is 11.5 Å². The van der Waals surface area contributed by atoms with Crippen molar-refractivity contribution in [3.8, 4) is 11.5 Å². The van der Waals surface area contributed by atoms with Gasteiger partial charge in [0.05, 0.1) is 13.7 Å². The van der Waals surface area contributed by atoms with E-state index in [0.29, 0.717) is 13.2 Å². The zero-order chi connectivity index (χ0) is 12.0. The number of aliphatic hydroxyl groups is 1. The molecule has 0 heterocycles. The van der Waals surface area contributed by atoms with Gasteiger partial charge in [0.2, 0.25) is 0 Å². The Morgan fingerprint density at radius 2 is 2.19 bits per heavy atom. The number of nitrogens with two attached hydrogens (primary N) is 1. The van der Waals surface area contributed by atoms with E-state index < -0.39 is 0 Å². The van der Waals surface area contributed by atoms with Crippen LogP contribution in [0, 0.1) is 5.92 Å². The van der Waals surface area contributed by atoms with Crippen molar-refractivity contribution >= 4 is 0 Å². The molecule has 0 aliphatic heterocycles. The van der Waals surface area contributed by atoms with E-state index in [9.17, 15) is 0 Å². The largest absolute Gasteiger partial charge is 0.497 e. The molecule has 0 fully saturated rings. The van der Waals surface area contributed by atoms with Crippen LogP contribution in [0.25, 0.3) is 0 Å². The van der Waals surface area contributed by atoms with Crippen LogP contribution >= 0.6 is 0 Å². The van der Waals surface area contributed by atoms with Crippen molar-refractivity contribution in [3.05, 3.63) is 23.8 Å². The minimum absolute atomic E-state index is 0.118. The molecule has 0 aliphatic rings. The molecule has 0 radical (unpaired) electrons. The van der Waals surface area contributed by atoms with Gasteiger partial charge in [-0.3, -0.25) is 0 Å². The second-order valence-electron chi connectivity index (χ2n) is 3.78. The van der Waals surface area contributed by atoms with E-state index >= 15 is 0 Å². The van der Waals surface area contributed by atoms with Crippen molar-refractivity contribution in [3.63, 3.8) is 0 Å². The molecule has 1 rings (SSSR count). The molecule has 4 nitrogen and oxygen atoms in total. The molecular formula is C12H19NO3. The summed E-state index contributed by atoms with van der Waals surface area (Å²) in [5.41, 5.74) is 6.54. The van der Waals surface area contributed by atoms with Crippen molar-refractivity contribution in [1.82, 2.24) is 0 Å². The number of ether oxygens (including phenoxy) is 2. The van der Waals surface area contributed by atoms with Crippen LogP contribution in [0.1, 0.15) is 12.5 Å². The number of rotatable bonds is 6. The summed E-state index contributed by atoms with van der Waals surface area (Å²) in [7, 11) is 1.62. The maximum absolute atomic E-state index is 8.90. The van der Waals surface area contributed by atoms with E-state index in [-0.39, 0.29) is 12.5 Å². The van der Waals surface area contributed by atoms with Gasteiger partial charge < -0.3 is 20.3 Å². The highest BCUT2D eigenvalue weighted by atomic mass is 16.5. The number of methoxy groups -OCH3 is 1. The fraction of sp³-hybridized carbons (Fsp3) is 0.500. The quantitative estimate of drug-likeness (QED) is 0.762. The fourth-order valence-corrected chi connectivity index (χ4v) is 1.27. The summed E-state index contributed by atoms with van der Waals surface area (Å²) in [5.74, 6) is 1.64. The van der Waals surface area contributed by atoms with E-state index in [1.807, 2.05) is 25.1 Å². The number of hydrogen-bond acceptors (Lipinski definition) is 4. The highest BCUT2D eigenvalue weighted by Crippen LogP contribution is 2.24. The standard InChI is InChI=1S/C12H19NO3/c1-9(7-14)8-16-12-4-3-11(15-2)5-10(12)6-13/h3-5,9,14H,6-8,13H2,1-2H3. The van der Waals surface area contributed by atoms with Crippen LogP contribution in [0.3, 0.4) is 0 Å². The Kier molecular flexibility index (Phi) is 5.08. The Labute approximate surface area is 96.0 Å². The van der Waals surface area contributed by atoms with Crippen LogP contribution in [0.15, 0.2) is 18.2 Å². The van der Waals surface area contributed by atoms with Gasteiger partial charge in [0.15, 0.2) is 0 Å². The van der Waals surface area contributed by atoms with Crippen molar-refractivity contribution in [2.45, 2.75) is 13.5 Å². The maximum atomic E-state index is 8.90. The summed E-state index contributed by atoms with van der Waals surface area (Å²) < 4.78 is 10.7. The zero-order valence-corrected chi connectivity index (χ0v) is 9.77. The van der Waals surface area contributed by atoms with Gasteiger partial charge in [-0.05, 0) is 18.2 Å². The first-order chi connectivity index (χ1) is 7.71. The molecule has 16 heavy (non-hydrogen) atoms. The molecule has 0 saturated carbocycles. The molecule has 0 amide bonds. The molecule has 0 aromatic heterocycles. The number of aliphatic hydroxyl groups excluding tert-OH is 1. The van der Waals surface area contributed by atoms with Gasteiger partial charge in [-0.15, -0.1) is 0 Å². The van der Waals surface area contributed by atoms with Gasteiger partial charge >= 0.3 is 0 Å². The first-order valence-electron chi connectivity index (χ1n) is 5.32. The van der Waals surface area contributed by atoms with Crippen molar-refractivity contribution in [2.75, 3.05) is 20.3 Å². The molecule has 0 bridgehead atoms. The summed E-state index contributed by atoms with van der Waals surface area (Å²) in [6.45, 7) is 2.93. The minimum Gasteiger partial charge on any atom is -0.497 e. The summed E-state index contributed by atoms with van der Waals surface area (Å²) in [4.78, 5) is 0. The van der Waals surface area contributed by atoms with Crippen LogP contribution < -0.4 is 15.2 Å². The van der Waals surface area contributed by atoms with E-state index in [1.165, 1.54) is 0 Å². The highest BCUT2D eigenvalue weighted by molar-refractivity contribution is 5.40. The summed E-state index contributed by atoms with van der Waals surface area (Å²) >= 11 is 0. The first kappa shape index (κ1) is 12.8. The Balaban J connectivity index is 2.71. The van der Waals surface area contributed by atoms with Crippen LogP contribution in [-0.2, 0) is 6.54 Å². The molecule has 1 atom stereocenters. The summed E-state index contributed by atoms with van der Waals surface area (Å²) in [5, 5.41) is 8.90. The Morgan fingerprint density at radius 1 is 1.44 bits per heavy atom. The van der Waals surface area contributed by atoms with Crippen LogP contribution in [-0.4, -0.2) is 25.4 Å². The van der Waals surface area contributed by atoms with Gasteiger partial charge in [-0.25, -0.2) is 0 Å². The maximum Gasteiger partial charge on any atom is 0.124 e. The smallest absolute Gasteiger partial charge is 0.124 e. The fourth-order valence-electron chi connectivity index (χ4n) is 1.27. The second-order valence-corrected chi connectivity index (χ2v) is 3.78. The minimum atomic E-state index is 0.118. The SMILES string of the molecule is COc1ccc(OCC(C)CO)c(CN)c1. The topological polar surface area (TPSA) is 64.7 Å². The van der Waals surface area contributed by atoms with Gasteiger partial charge in [0.25, 0.3) is 0 Å². The predicted octanol–water partition coefficient (Wildman–Crippen LogP) is 1.16. The normalized spacial score (nSPS) is 12.2. The van der Waals surface area contributed by atoms with E-state index in [4.69, 9.17) is 20.3 Å². The van der Waals surface area contributed by atoms with Crippen molar-refractivity contribution in [2.24, 2.45) is 11.7 Å². The lowest BCUT2D eigenvalue weighted by Crippen LogP contribution is -2.13. The second kappa shape index (κ2) is 6.35.